The Kier molecular flexibility index (Phi) is 9.39. The molecule has 1 amide bonds. The van der Waals surface area contributed by atoms with Gasteiger partial charge >= 0.3 is 0 Å². The zero-order valence-corrected chi connectivity index (χ0v) is 24.8. The number of aromatic nitrogens is 1. The lowest BCUT2D eigenvalue weighted by Gasteiger charge is -2.18. The van der Waals surface area contributed by atoms with E-state index >= 15 is 0 Å². The molecular formula is C35H35N3O5. The Hall–Kier alpha value is -5.08. The molecule has 0 fully saturated rings. The molecule has 0 unspecified atom stereocenters. The molecule has 8 nitrogen and oxygen atoms in total. The third kappa shape index (κ3) is 7.23. The standard InChI is InChI=1S/C35H35N3O5/c1-38(23-24-12-17-33(41-3)34(20-24)42-4)18-19-43-27-15-13-26(14-16-27)36-35(39)30-22-32(25-8-7-9-28(21-25)40-2)37-31-11-6-5-10-29(30)31/h5-17,20-22H,18-19,23H2,1-4H3,(H,36,39). The summed E-state index contributed by atoms with van der Waals surface area (Å²) in [6.45, 7) is 2.00. The highest BCUT2D eigenvalue weighted by molar-refractivity contribution is 6.13. The first-order valence-electron chi connectivity index (χ1n) is 13.9. The van der Waals surface area contributed by atoms with Crippen LogP contribution in [0.1, 0.15) is 15.9 Å². The van der Waals surface area contributed by atoms with Crippen LogP contribution in [0.25, 0.3) is 22.2 Å². The van der Waals surface area contributed by atoms with Gasteiger partial charge in [-0.3, -0.25) is 9.69 Å². The number of nitrogens with zero attached hydrogens (tertiary/aromatic N) is 2. The molecule has 4 aromatic carbocycles. The van der Waals surface area contributed by atoms with Crippen LogP contribution in [0.3, 0.4) is 0 Å². The van der Waals surface area contributed by atoms with Crippen LogP contribution in [0.15, 0.2) is 97.1 Å². The fourth-order valence-electron chi connectivity index (χ4n) is 4.82. The molecule has 0 saturated heterocycles. The van der Waals surface area contributed by atoms with Gasteiger partial charge in [-0.1, -0.05) is 36.4 Å². The maximum absolute atomic E-state index is 13.5. The number of nitrogens with one attached hydrogen (secondary N) is 1. The van der Waals surface area contributed by atoms with Crippen LogP contribution in [0.4, 0.5) is 5.69 Å². The molecule has 0 bridgehead atoms. The van der Waals surface area contributed by atoms with Crippen molar-refractivity contribution >= 4 is 22.5 Å². The van der Waals surface area contributed by atoms with Gasteiger partial charge < -0.3 is 24.3 Å². The highest BCUT2D eigenvalue weighted by Crippen LogP contribution is 2.29. The topological polar surface area (TPSA) is 82.2 Å². The Morgan fingerprint density at radius 1 is 0.791 bits per heavy atom. The average molecular weight is 578 g/mol. The molecule has 0 aliphatic heterocycles. The van der Waals surface area contributed by atoms with Crippen molar-refractivity contribution in [3.05, 3.63) is 108 Å². The van der Waals surface area contributed by atoms with E-state index in [9.17, 15) is 4.79 Å². The third-order valence-electron chi connectivity index (χ3n) is 7.08. The van der Waals surface area contributed by atoms with Crippen molar-refractivity contribution in [2.45, 2.75) is 6.54 Å². The minimum Gasteiger partial charge on any atom is -0.497 e. The number of likely N-dealkylation sites (N-methyl/N-ethyl adjacent to an activating group) is 1. The van der Waals surface area contributed by atoms with Gasteiger partial charge in [0.2, 0.25) is 0 Å². The summed E-state index contributed by atoms with van der Waals surface area (Å²) in [6.07, 6.45) is 0. The minimum atomic E-state index is -0.215. The molecule has 1 N–H and O–H groups in total. The summed E-state index contributed by atoms with van der Waals surface area (Å²) in [6, 6.07) is 30.4. The lowest BCUT2D eigenvalue weighted by atomic mass is 10.0. The van der Waals surface area contributed by atoms with E-state index in [-0.39, 0.29) is 5.91 Å². The van der Waals surface area contributed by atoms with E-state index < -0.39 is 0 Å². The van der Waals surface area contributed by atoms with E-state index in [1.807, 2.05) is 104 Å². The van der Waals surface area contributed by atoms with Crippen molar-refractivity contribution in [2.24, 2.45) is 0 Å². The maximum atomic E-state index is 13.5. The first-order chi connectivity index (χ1) is 21.0. The molecule has 0 aliphatic rings. The van der Waals surface area contributed by atoms with Gasteiger partial charge in [0.25, 0.3) is 5.91 Å². The van der Waals surface area contributed by atoms with E-state index in [2.05, 4.69) is 10.2 Å². The summed E-state index contributed by atoms with van der Waals surface area (Å²) in [7, 11) is 6.93. The number of anilines is 1. The van der Waals surface area contributed by atoms with Gasteiger partial charge in [0, 0.05) is 29.7 Å². The van der Waals surface area contributed by atoms with Crippen LogP contribution in [-0.4, -0.2) is 57.3 Å². The number of pyridine rings is 1. The van der Waals surface area contributed by atoms with E-state index in [0.29, 0.717) is 35.1 Å². The van der Waals surface area contributed by atoms with Crippen molar-refractivity contribution in [1.29, 1.82) is 0 Å². The summed E-state index contributed by atoms with van der Waals surface area (Å²) < 4.78 is 22.1. The minimum absolute atomic E-state index is 0.215. The predicted molar refractivity (Wildman–Crippen MR) is 170 cm³/mol. The molecular weight excluding hydrogens is 542 g/mol. The second-order valence-electron chi connectivity index (χ2n) is 10.1. The molecule has 0 atom stereocenters. The lowest BCUT2D eigenvalue weighted by Crippen LogP contribution is -2.23. The SMILES string of the molecule is COc1cccc(-c2cc(C(=O)Nc3ccc(OCCN(C)Cc4ccc(OC)c(OC)c4)cc3)c3ccccc3n2)c1. The molecule has 0 radical (unpaired) electrons. The summed E-state index contributed by atoms with van der Waals surface area (Å²) in [5, 5.41) is 3.80. The summed E-state index contributed by atoms with van der Waals surface area (Å²) in [5.41, 5.74) is 4.65. The Morgan fingerprint density at radius 2 is 1.58 bits per heavy atom. The van der Waals surface area contributed by atoms with Gasteiger partial charge in [-0.25, -0.2) is 4.98 Å². The monoisotopic (exact) mass is 577 g/mol. The first-order valence-corrected chi connectivity index (χ1v) is 13.9. The Labute approximate surface area is 251 Å². The second-order valence-corrected chi connectivity index (χ2v) is 10.1. The van der Waals surface area contributed by atoms with Gasteiger partial charge in [0.15, 0.2) is 11.5 Å². The normalized spacial score (nSPS) is 10.9. The Bertz CT molecular complexity index is 1700. The smallest absolute Gasteiger partial charge is 0.256 e. The van der Waals surface area contributed by atoms with E-state index in [0.717, 1.165) is 46.6 Å². The molecule has 0 aliphatic carbocycles. The number of benzene rings is 4. The number of para-hydroxylation sites is 1. The number of hydrogen-bond acceptors (Lipinski definition) is 7. The van der Waals surface area contributed by atoms with Crippen LogP contribution in [-0.2, 0) is 6.54 Å². The Balaban J connectivity index is 1.21. The van der Waals surface area contributed by atoms with E-state index in [4.69, 9.17) is 23.9 Å². The van der Waals surface area contributed by atoms with Gasteiger partial charge in [-0.2, -0.15) is 0 Å². The molecule has 5 rings (SSSR count). The largest absolute Gasteiger partial charge is 0.497 e. The van der Waals surface area contributed by atoms with Gasteiger partial charge in [0.05, 0.1) is 38.1 Å². The molecule has 0 spiro atoms. The maximum Gasteiger partial charge on any atom is 0.256 e. The number of ether oxygens (including phenoxy) is 4. The predicted octanol–water partition coefficient (Wildman–Crippen LogP) is 6.69. The number of methoxy groups -OCH3 is 3. The van der Waals surface area contributed by atoms with E-state index in [1.54, 1.807) is 21.3 Å². The highest BCUT2D eigenvalue weighted by atomic mass is 16.5. The number of carbonyl (C=O) groups is 1. The van der Waals surface area contributed by atoms with Crippen LogP contribution in [0.5, 0.6) is 23.0 Å². The number of amides is 1. The number of fused-ring (bicyclic) bond motifs is 1. The van der Waals surface area contributed by atoms with Crippen LogP contribution < -0.4 is 24.3 Å². The quantitative estimate of drug-likeness (QED) is 0.177. The van der Waals surface area contributed by atoms with Gasteiger partial charge in [-0.15, -0.1) is 0 Å². The molecule has 1 heterocycles. The highest BCUT2D eigenvalue weighted by Gasteiger charge is 2.15. The second kappa shape index (κ2) is 13.7. The van der Waals surface area contributed by atoms with Crippen molar-refractivity contribution in [3.8, 4) is 34.3 Å². The molecule has 43 heavy (non-hydrogen) atoms. The number of rotatable bonds is 12. The van der Waals surface area contributed by atoms with Gasteiger partial charge in [-0.05, 0) is 73.3 Å². The lowest BCUT2D eigenvalue weighted by molar-refractivity contribution is 0.102. The Morgan fingerprint density at radius 3 is 2.35 bits per heavy atom. The summed E-state index contributed by atoms with van der Waals surface area (Å²) in [5.74, 6) is 2.67. The first kappa shape index (κ1) is 29.4. The third-order valence-corrected chi connectivity index (χ3v) is 7.08. The molecule has 0 saturated carbocycles. The zero-order chi connectivity index (χ0) is 30.2. The summed E-state index contributed by atoms with van der Waals surface area (Å²) >= 11 is 0. The average Bonchev–Trinajstić information content (AvgIpc) is 3.04. The fourth-order valence-corrected chi connectivity index (χ4v) is 4.82. The van der Waals surface area contributed by atoms with Crippen molar-refractivity contribution in [1.82, 2.24) is 9.88 Å². The van der Waals surface area contributed by atoms with Crippen molar-refractivity contribution in [2.75, 3.05) is 46.8 Å². The molecule has 8 heteroatoms. The van der Waals surface area contributed by atoms with E-state index in [1.165, 1.54) is 0 Å². The zero-order valence-electron chi connectivity index (χ0n) is 24.8. The van der Waals surface area contributed by atoms with Gasteiger partial charge in [0.1, 0.15) is 18.1 Å². The number of hydrogen-bond donors (Lipinski definition) is 1. The fraction of sp³-hybridized carbons (Fsp3) is 0.200. The van der Waals surface area contributed by atoms with Crippen LogP contribution in [0, 0.1) is 0 Å². The van der Waals surface area contributed by atoms with Crippen LogP contribution >= 0.6 is 0 Å². The van der Waals surface area contributed by atoms with Crippen molar-refractivity contribution < 1.29 is 23.7 Å². The molecule has 5 aromatic rings. The van der Waals surface area contributed by atoms with Crippen molar-refractivity contribution in [3.63, 3.8) is 0 Å². The summed E-state index contributed by atoms with van der Waals surface area (Å²) in [4.78, 5) is 20.4. The van der Waals surface area contributed by atoms with Crippen LogP contribution in [0.2, 0.25) is 0 Å². The number of carbonyl (C=O) groups excluding carboxylic acids is 1. The molecule has 1 aromatic heterocycles. The molecule has 220 valence electrons.